The van der Waals surface area contributed by atoms with Gasteiger partial charge in [-0.05, 0) is 19.1 Å². The lowest BCUT2D eigenvalue weighted by Gasteiger charge is -1.93. The molecule has 0 bridgehead atoms. The maximum atomic E-state index is 4.45. The van der Waals surface area contributed by atoms with Crippen molar-refractivity contribution in [2.24, 2.45) is 3.98 Å². The topological polar surface area (TPSA) is 12.4 Å². The van der Waals surface area contributed by atoms with Crippen molar-refractivity contribution in [3.05, 3.63) is 0 Å². The minimum Gasteiger partial charge on any atom is -0.407 e. The first-order valence-corrected chi connectivity index (χ1v) is 6.02. The highest BCUT2D eigenvalue weighted by Gasteiger charge is 1.97. The molecule has 0 atom stereocenters. The Balaban J connectivity index is 3.56. The zero-order valence-electron chi connectivity index (χ0n) is 6.23. The lowest BCUT2D eigenvalue weighted by Crippen LogP contribution is -1.99. The van der Waals surface area contributed by atoms with Crippen LogP contribution in [0.15, 0.2) is 3.98 Å². The van der Waals surface area contributed by atoms with Crippen molar-refractivity contribution < 1.29 is 0 Å². The van der Waals surface area contributed by atoms with E-state index in [9.17, 15) is 0 Å². The van der Waals surface area contributed by atoms with E-state index in [2.05, 4.69) is 29.4 Å². The van der Waals surface area contributed by atoms with E-state index in [4.69, 9.17) is 0 Å². The average molecular weight is 127 g/mol. The van der Waals surface area contributed by atoms with Crippen LogP contribution >= 0.6 is 0 Å². The van der Waals surface area contributed by atoms with E-state index in [-0.39, 0.29) is 0 Å². The van der Waals surface area contributed by atoms with E-state index in [1.54, 1.807) is 0 Å². The summed E-state index contributed by atoms with van der Waals surface area (Å²) in [7, 11) is 0. The van der Waals surface area contributed by atoms with E-state index in [0.29, 0.717) is 0 Å². The van der Waals surface area contributed by atoms with E-state index < -0.39 is 14.4 Å². The summed E-state index contributed by atoms with van der Waals surface area (Å²) in [4.78, 5) is 0. The minimum absolute atomic E-state index is 0.658. The summed E-state index contributed by atoms with van der Waals surface area (Å²) >= 11 is -0.658. The third-order valence-corrected chi connectivity index (χ3v) is 1.95. The van der Waals surface area contributed by atoms with Crippen LogP contribution in [0, 0.1) is 0 Å². The van der Waals surface area contributed by atoms with Gasteiger partial charge in [0.15, 0.2) is 0 Å². The molecule has 0 rings (SSSR count). The Labute approximate surface area is 56.4 Å². The molecule has 0 aromatic carbocycles. The van der Waals surface area contributed by atoms with Crippen LogP contribution in [0.5, 0.6) is 0 Å². The molecule has 8 heavy (non-hydrogen) atoms. The summed E-state index contributed by atoms with van der Waals surface area (Å²) in [5.74, 6) is 4.47. The zero-order chi connectivity index (χ0) is 6.57. The van der Waals surface area contributed by atoms with Crippen LogP contribution in [0.25, 0.3) is 0 Å². The van der Waals surface area contributed by atoms with Crippen molar-refractivity contribution in [2.75, 3.05) is 0 Å². The molecule has 0 aliphatic heterocycles. The van der Waals surface area contributed by atoms with Crippen LogP contribution < -0.4 is 0 Å². The summed E-state index contributed by atoms with van der Waals surface area (Å²) in [5, 5.41) is 0. The van der Waals surface area contributed by atoms with Gasteiger partial charge in [-0.1, -0.05) is 18.5 Å². The molecule has 0 unspecified atom stereocenters. The second kappa shape index (κ2) is 4.12. The van der Waals surface area contributed by atoms with Gasteiger partial charge in [0.2, 0.25) is 0 Å². The van der Waals surface area contributed by atoms with E-state index >= 15 is 0 Å². The molecule has 0 fully saturated rings. The van der Waals surface area contributed by atoms with Crippen molar-refractivity contribution in [1.82, 2.24) is 0 Å². The van der Waals surface area contributed by atoms with Crippen LogP contribution in [-0.4, -0.2) is 20.1 Å². The largest absolute Gasteiger partial charge is 0.429 e. The molecule has 0 aromatic rings. The van der Waals surface area contributed by atoms with Crippen LogP contribution in [0.2, 0.25) is 11.6 Å². The van der Waals surface area contributed by atoms with Crippen LogP contribution in [-0.2, 0) is 0 Å². The van der Waals surface area contributed by atoms with Crippen molar-refractivity contribution in [3.8, 4) is 0 Å². The average Bonchev–Trinajstić information content (AvgIpc) is 1.65. The third kappa shape index (κ3) is 4.36. The molecule has 0 saturated carbocycles. The normalized spacial score (nSPS) is 11.8. The Kier molecular flexibility index (Phi) is 4.22. The molecule has 0 aliphatic carbocycles. The Morgan fingerprint density at radius 2 is 2.00 bits per heavy atom. The van der Waals surface area contributed by atoms with Gasteiger partial charge >= 0.3 is 14.4 Å². The van der Waals surface area contributed by atoms with Crippen molar-refractivity contribution in [2.45, 2.75) is 31.8 Å². The minimum atomic E-state index is -0.658. The molecule has 0 amide bonds. The summed E-state index contributed by atoms with van der Waals surface area (Å²) < 4.78 is 4.45. The first-order valence-electron chi connectivity index (χ1n) is 3.20. The number of hydrogen-bond acceptors (Lipinski definition) is 1. The summed E-state index contributed by atoms with van der Waals surface area (Å²) in [5.41, 5.74) is 1.31. The van der Waals surface area contributed by atoms with E-state index in [1.165, 1.54) is 5.71 Å². The van der Waals surface area contributed by atoms with Crippen LogP contribution in [0.3, 0.4) is 0 Å². The number of hydrogen-bond donors (Lipinski definition) is 0. The van der Waals surface area contributed by atoms with Gasteiger partial charge in [-0.25, -0.2) is 0 Å². The molecular formula is C6H14AlN. The predicted molar refractivity (Wildman–Crippen MR) is 40.9 cm³/mol. The van der Waals surface area contributed by atoms with Gasteiger partial charge in [0.25, 0.3) is 0 Å². The molecule has 1 nitrogen and oxygen atoms in total. The Bertz CT molecular complexity index is 86.5. The maximum Gasteiger partial charge on any atom is 0.429 e. The Morgan fingerprint density at radius 1 is 1.50 bits per heavy atom. The van der Waals surface area contributed by atoms with Gasteiger partial charge in [-0.2, -0.15) is 0 Å². The SMILES string of the molecule is CCC(C)=[N][Al]([CH3])[CH3]. The van der Waals surface area contributed by atoms with E-state index in [1.807, 2.05) is 0 Å². The monoisotopic (exact) mass is 127 g/mol. The second-order valence-corrected chi connectivity index (χ2v) is 4.76. The summed E-state index contributed by atoms with van der Waals surface area (Å²) in [6.45, 7) is 4.25. The highest BCUT2D eigenvalue weighted by molar-refractivity contribution is 6.55. The lowest BCUT2D eigenvalue weighted by molar-refractivity contribution is 1.27. The van der Waals surface area contributed by atoms with E-state index in [0.717, 1.165) is 6.42 Å². The summed E-state index contributed by atoms with van der Waals surface area (Å²) in [6, 6.07) is 0. The molecule has 0 heterocycles. The highest BCUT2D eigenvalue weighted by Crippen LogP contribution is 1.87. The fourth-order valence-electron chi connectivity index (χ4n) is 0.532. The molecule has 0 saturated heterocycles. The first kappa shape index (κ1) is 8.20. The van der Waals surface area contributed by atoms with Crippen molar-refractivity contribution in [1.29, 1.82) is 0 Å². The zero-order valence-corrected chi connectivity index (χ0v) is 7.39. The maximum absolute atomic E-state index is 4.45. The van der Waals surface area contributed by atoms with Crippen LogP contribution in [0.4, 0.5) is 0 Å². The van der Waals surface area contributed by atoms with Crippen molar-refractivity contribution in [3.63, 3.8) is 0 Å². The predicted octanol–water partition coefficient (Wildman–Crippen LogP) is 2.11. The van der Waals surface area contributed by atoms with Gasteiger partial charge < -0.3 is 3.98 Å². The van der Waals surface area contributed by atoms with Gasteiger partial charge in [-0.3, -0.25) is 0 Å². The summed E-state index contributed by atoms with van der Waals surface area (Å²) in [6.07, 6.45) is 1.12. The van der Waals surface area contributed by atoms with Crippen LogP contribution in [0.1, 0.15) is 20.3 Å². The second-order valence-electron chi connectivity index (χ2n) is 2.31. The van der Waals surface area contributed by atoms with Gasteiger partial charge in [0.05, 0.1) is 0 Å². The standard InChI is InChI=1S/C4H8N.2CH3.Al/c1-3-4(2)5;;;/h3H2,1-2H3;2*1H3;/q-1;;;+1. The molecule has 0 aliphatic rings. The quantitative estimate of drug-likeness (QED) is 0.398. The number of rotatable bonds is 2. The van der Waals surface area contributed by atoms with Gasteiger partial charge in [0, 0.05) is 0 Å². The lowest BCUT2D eigenvalue weighted by atomic mass is 10.3. The molecule has 46 valence electrons. The van der Waals surface area contributed by atoms with Crippen molar-refractivity contribution >= 4 is 20.1 Å². The molecule has 0 aromatic heterocycles. The highest BCUT2D eigenvalue weighted by atomic mass is 27.2. The Morgan fingerprint density at radius 3 is 2.12 bits per heavy atom. The smallest absolute Gasteiger partial charge is 0.407 e. The fourth-order valence-corrected chi connectivity index (χ4v) is 1.60. The molecule has 0 radical (unpaired) electrons. The molecule has 0 N–H and O–H groups in total. The van der Waals surface area contributed by atoms with Gasteiger partial charge in [0.1, 0.15) is 0 Å². The third-order valence-electron chi connectivity index (χ3n) is 0.990. The first-order chi connectivity index (χ1) is 3.66. The van der Waals surface area contributed by atoms with Gasteiger partial charge in [-0.15, -0.1) is 0 Å². The number of nitrogens with zero attached hydrogens (tertiary/aromatic N) is 1. The molecule has 2 heteroatoms. The molecular weight excluding hydrogens is 113 g/mol. The Hall–Kier alpha value is 0.202. The fraction of sp³-hybridized carbons (Fsp3) is 0.833. The molecule has 0 spiro atoms.